The zero-order valence-corrected chi connectivity index (χ0v) is 14.6. The van der Waals surface area contributed by atoms with Crippen LogP contribution in [-0.2, 0) is 11.3 Å². The van der Waals surface area contributed by atoms with Crippen molar-refractivity contribution >= 4 is 34.2 Å². The van der Waals surface area contributed by atoms with Gasteiger partial charge in [-0.25, -0.2) is 4.39 Å². The van der Waals surface area contributed by atoms with Gasteiger partial charge in [-0.05, 0) is 37.5 Å². The van der Waals surface area contributed by atoms with E-state index in [2.05, 4.69) is 4.90 Å². The van der Waals surface area contributed by atoms with Crippen LogP contribution in [0.25, 0.3) is 0 Å². The van der Waals surface area contributed by atoms with Crippen molar-refractivity contribution in [1.82, 2.24) is 9.80 Å². The summed E-state index contributed by atoms with van der Waals surface area (Å²) in [4.78, 5) is 16.2. The predicted molar refractivity (Wildman–Crippen MR) is 93.3 cm³/mol. The van der Waals surface area contributed by atoms with Crippen molar-refractivity contribution in [3.63, 3.8) is 0 Å². The number of thiocarbonyl (C=S) groups is 1. The molecule has 0 bridgehead atoms. The monoisotopic (exact) mass is 340 g/mol. The van der Waals surface area contributed by atoms with E-state index < -0.39 is 0 Å². The zero-order chi connectivity index (χ0) is 16.1. The molecule has 1 aromatic rings. The van der Waals surface area contributed by atoms with Crippen LogP contribution in [0, 0.1) is 5.82 Å². The Labute approximate surface area is 140 Å². The molecule has 1 saturated heterocycles. The topological polar surface area (TPSA) is 23.6 Å². The third-order valence-electron chi connectivity index (χ3n) is 3.67. The number of benzene rings is 1. The minimum atomic E-state index is -0.281. The number of hydrogen-bond acceptors (Lipinski definition) is 3. The lowest BCUT2D eigenvalue weighted by molar-refractivity contribution is -0.129. The molecule has 1 fully saturated rings. The smallest absolute Gasteiger partial charge is 0.235 e. The van der Waals surface area contributed by atoms with Gasteiger partial charge < -0.3 is 9.80 Å². The fourth-order valence-electron chi connectivity index (χ4n) is 2.47. The maximum atomic E-state index is 13.2. The summed E-state index contributed by atoms with van der Waals surface area (Å²) in [6.07, 6.45) is 2.34. The average molecular weight is 340 g/mol. The molecule has 0 N–H and O–H groups in total. The van der Waals surface area contributed by atoms with Crippen LogP contribution in [-0.4, -0.2) is 45.4 Å². The molecule has 1 heterocycles. The minimum Gasteiger partial charge on any atom is -0.358 e. The highest BCUT2D eigenvalue weighted by atomic mass is 32.2. The van der Waals surface area contributed by atoms with E-state index in [9.17, 15) is 9.18 Å². The van der Waals surface area contributed by atoms with Gasteiger partial charge in [0, 0.05) is 26.7 Å². The molecule has 0 spiro atoms. The van der Waals surface area contributed by atoms with Crippen molar-refractivity contribution in [2.75, 3.05) is 20.1 Å². The minimum absolute atomic E-state index is 0.0100. The molecular formula is C16H21FN2OS2. The molecule has 0 radical (unpaired) electrons. The predicted octanol–water partition coefficient (Wildman–Crippen LogP) is 3.29. The first kappa shape index (κ1) is 17.2. The summed E-state index contributed by atoms with van der Waals surface area (Å²) in [5, 5.41) is -0.230. The van der Waals surface area contributed by atoms with Gasteiger partial charge in [0.05, 0.1) is 5.25 Å². The van der Waals surface area contributed by atoms with E-state index in [1.54, 1.807) is 18.0 Å². The second-order valence-corrected chi connectivity index (χ2v) is 7.52. The molecule has 1 amide bonds. The van der Waals surface area contributed by atoms with Gasteiger partial charge in [0.1, 0.15) is 10.1 Å². The number of likely N-dealkylation sites (tertiary alicyclic amines) is 1. The van der Waals surface area contributed by atoms with Crippen LogP contribution in [0.3, 0.4) is 0 Å². The van der Waals surface area contributed by atoms with Crippen LogP contribution in [0.1, 0.15) is 25.3 Å². The molecule has 0 aliphatic carbocycles. The van der Waals surface area contributed by atoms with Gasteiger partial charge in [-0.3, -0.25) is 4.79 Å². The lowest BCUT2D eigenvalue weighted by Gasteiger charge is -2.24. The maximum Gasteiger partial charge on any atom is 0.235 e. The Bertz CT molecular complexity index is 547. The third kappa shape index (κ3) is 4.68. The van der Waals surface area contributed by atoms with Crippen LogP contribution in [0.4, 0.5) is 4.39 Å². The molecule has 1 aliphatic rings. The normalized spacial score (nSPS) is 15.7. The standard InChI is InChI=1S/C16H21FN2OS2/c1-12(22-16(21)19-8-3-4-9-19)15(20)18(2)11-13-6-5-7-14(17)10-13/h5-7,10,12H,3-4,8-9,11H2,1-2H3. The van der Waals surface area contributed by atoms with Gasteiger partial charge in [-0.2, -0.15) is 0 Å². The lowest BCUT2D eigenvalue weighted by Crippen LogP contribution is -2.35. The molecule has 3 nitrogen and oxygen atoms in total. The van der Waals surface area contributed by atoms with Crippen molar-refractivity contribution < 1.29 is 9.18 Å². The molecule has 6 heteroatoms. The highest BCUT2D eigenvalue weighted by Crippen LogP contribution is 2.22. The van der Waals surface area contributed by atoms with E-state index in [0.717, 1.165) is 23.0 Å². The molecule has 22 heavy (non-hydrogen) atoms. The van der Waals surface area contributed by atoms with Crippen molar-refractivity contribution in [3.8, 4) is 0 Å². The van der Waals surface area contributed by atoms with Crippen LogP contribution < -0.4 is 0 Å². The number of hydrogen-bond donors (Lipinski definition) is 0. The van der Waals surface area contributed by atoms with Gasteiger partial charge in [0.15, 0.2) is 0 Å². The maximum absolute atomic E-state index is 13.2. The number of thioether (sulfide) groups is 1. The van der Waals surface area contributed by atoms with Gasteiger partial charge in [0.2, 0.25) is 5.91 Å². The summed E-state index contributed by atoms with van der Waals surface area (Å²) in [7, 11) is 1.74. The molecule has 0 saturated carbocycles. The number of carbonyl (C=O) groups is 1. The Morgan fingerprint density at radius 3 is 2.77 bits per heavy atom. The molecule has 1 atom stereocenters. The lowest BCUT2D eigenvalue weighted by atomic mass is 10.2. The van der Waals surface area contributed by atoms with Crippen molar-refractivity contribution in [3.05, 3.63) is 35.6 Å². The Kier molecular flexibility index (Phi) is 6.20. The molecule has 2 rings (SSSR count). The molecular weight excluding hydrogens is 319 g/mol. The average Bonchev–Trinajstić information content (AvgIpc) is 3.00. The summed E-state index contributed by atoms with van der Waals surface area (Å²) >= 11 is 6.85. The van der Waals surface area contributed by atoms with Crippen molar-refractivity contribution in [2.24, 2.45) is 0 Å². The fraction of sp³-hybridized carbons (Fsp3) is 0.500. The summed E-state index contributed by atoms with van der Waals surface area (Å²) in [6, 6.07) is 6.33. The first-order valence-electron chi connectivity index (χ1n) is 7.42. The SMILES string of the molecule is CC(SC(=S)N1CCCC1)C(=O)N(C)Cc1cccc(F)c1. The fourth-order valence-corrected chi connectivity index (χ4v) is 4.00. The van der Waals surface area contributed by atoms with E-state index in [1.165, 1.54) is 36.7 Å². The van der Waals surface area contributed by atoms with E-state index in [-0.39, 0.29) is 17.0 Å². The third-order valence-corrected chi connectivity index (χ3v) is 5.24. The van der Waals surface area contributed by atoms with E-state index in [1.807, 2.05) is 13.0 Å². The van der Waals surface area contributed by atoms with Gasteiger partial charge in [-0.1, -0.05) is 36.1 Å². The highest BCUT2D eigenvalue weighted by molar-refractivity contribution is 8.23. The van der Waals surface area contributed by atoms with Crippen LogP contribution in [0.2, 0.25) is 0 Å². The Balaban J connectivity index is 1.87. The van der Waals surface area contributed by atoms with Crippen LogP contribution in [0.5, 0.6) is 0 Å². The van der Waals surface area contributed by atoms with Gasteiger partial charge >= 0.3 is 0 Å². The van der Waals surface area contributed by atoms with Gasteiger partial charge in [0.25, 0.3) is 0 Å². The Morgan fingerprint density at radius 2 is 2.14 bits per heavy atom. The van der Waals surface area contributed by atoms with Crippen LogP contribution in [0.15, 0.2) is 24.3 Å². The highest BCUT2D eigenvalue weighted by Gasteiger charge is 2.23. The number of rotatable bonds is 4. The van der Waals surface area contributed by atoms with E-state index >= 15 is 0 Å². The number of halogens is 1. The molecule has 1 aliphatic heterocycles. The summed E-state index contributed by atoms with van der Waals surface area (Å²) in [6.45, 7) is 4.26. The molecule has 0 aromatic heterocycles. The van der Waals surface area contributed by atoms with Crippen molar-refractivity contribution in [2.45, 2.75) is 31.6 Å². The Morgan fingerprint density at radius 1 is 1.45 bits per heavy atom. The first-order chi connectivity index (χ1) is 10.5. The quantitative estimate of drug-likeness (QED) is 0.785. The van der Waals surface area contributed by atoms with Crippen molar-refractivity contribution in [1.29, 1.82) is 0 Å². The van der Waals surface area contributed by atoms with Crippen LogP contribution >= 0.6 is 24.0 Å². The number of nitrogens with zero attached hydrogens (tertiary/aromatic N) is 2. The number of amides is 1. The molecule has 1 aromatic carbocycles. The zero-order valence-electron chi connectivity index (χ0n) is 12.9. The van der Waals surface area contributed by atoms with E-state index in [4.69, 9.17) is 12.2 Å². The van der Waals surface area contributed by atoms with Gasteiger partial charge in [-0.15, -0.1) is 0 Å². The van der Waals surface area contributed by atoms with E-state index in [0.29, 0.717) is 6.54 Å². The Hall–Kier alpha value is -1.14. The molecule has 1 unspecified atom stereocenters. The summed E-state index contributed by atoms with van der Waals surface area (Å²) in [5.74, 6) is -0.271. The first-order valence-corrected chi connectivity index (χ1v) is 8.71. The second-order valence-electron chi connectivity index (χ2n) is 5.54. The molecule has 120 valence electrons. The largest absolute Gasteiger partial charge is 0.358 e. The second kappa shape index (κ2) is 7.92. The number of carbonyl (C=O) groups excluding carboxylic acids is 1. The summed E-state index contributed by atoms with van der Waals surface area (Å²) < 4.78 is 14.0. The summed E-state index contributed by atoms with van der Waals surface area (Å²) in [5.41, 5.74) is 0.787.